The van der Waals surface area contributed by atoms with Crippen LogP contribution in [-0.2, 0) is 18.9 Å². The Morgan fingerprint density at radius 1 is 0.714 bits per heavy atom. The molecule has 1 aliphatic rings. The smallest absolute Gasteiger partial charge is 0.338 e. The molecule has 0 spiro atoms. The molecule has 0 amide bonds. The van der Waals surface area contributed by atoms with Gasteiger partial charge in [0.1, 0.15) is 12.7 Å². The van der Waals surface area contributed by atoms with Crippen molar-refractivity contribution in [2.24, 2.45) is 0 Å². The molecule has 1 saturated heterocycles. The van der Waals surface area contributed by atoms with Crippen LogP contribution in [0.25, 0.3) is 0 Å². The number of carbonyl (C=O) groups excluding carboxylic acids is 3. The second-order valence-corrected chi connectivity index (χ2v) is 7.89. The number of ether oxygens (including phenoxy) is 4. The molecule has 1 aliphatic heterocycles. The number of benzene rings is 3. The molecule has 0 radical (unpaired) electrons. The minimum Gasteiger partial charge on any atom is -0.459 e. The SMILES string of the molecule is O=C(OC[C@@H]1C[C@H](OC(=O)c2ccccc2)[C@@H](OC(=O)c2ccccc2)[C@H](O)O1)c1ccccc1. The number of aliphatic hydroxyl groups is 1. The maximum atomic E-state index is 12.7. The van der Waals surface area contributed by atoms with Crippen molar-refractivity contribution >= 4 is 17.9 Å². The third-order valence-electron chi connectivity index (χ3n) is 5.40. The molecular formula is C27H24O8. The molecule has 180 valence electrons. The molecule has 3 aromatic rings. The van der Waals surface area contributed by atoms with E-state index in [1.165, 1.54) is 0 Å². The molecular weight excluding hydrogens is 452 g/mol. The van der Waals surface area contributed by atoms with Crippen LogP contribution in [-0.4, -0.2) is 54.2 Å². The molecule has 0 bridgehead atoms. The summed E-state index contributed by atoms with van der Waals surface area (Å²) in [6.07, 6.45) is -4.69. The predicted molar refractivity (Wildman–Crippen MR) is 124 cm³/mol. The maximum absolute atomic E-state index is 12.7. The van der Waals surface area contributed by atoms with Gasteiger partial charge in [-0.3, -0.25) is 0 Å². The van der Waals surface area contributed by atoms with Crippen LogP contribution in [0.1, 0.15) is 37.5 Å². The minimum absolute atomic E-state index is 0.0322. The Bertz CT molecular complexity index is 1130. The lowest BCUT2D eigenvalue weighted by molar-refractivity contribution is -0.251. The zero-order chi connectivity index (χ0) is 24.6. The molecule has 35 heavy (non-hydrogen) atoms. The number of carbonyl (C=O) groups is 3. The lowest BCUT2D eigenvalue weighted by atomic mass is 10.0. The zero-order valence-corrected chi connectivity index (χ0v) is 18.7. The van der Waals surface area contributed by atoms with E-state index >= 15 is 0 Å². The monoisotopic (exact) mass is 476 g/mol. The fourth-order valence-electron chi connectivity index (χ4n) is 3.64. The molecule has 4 rings (SSSR count). The van der Waals surface area contributed by atoms with Gasteiger partial charge in [-0.15, -0.1) is 0 Å². The van der Waals surface area contributed by atoms with Crippen molar-refractivity contribution in [2.45, 2.75) is 31.0 Å². The number of hydrogen-bond acceptors (Lipinski definition) is 8. The second kappa shape index (κ2) is 11.4. The Morgan fingerprint density at radius 3 is 1.69 bits per heavy atom. The van der Waals surface area contributed by atoms with Crippen LogP contribution in [0.2, 0.25) is 0 Å². The number of rotatable bonds is 7. The van der Waals surface area contributed by atoms with Gasteiger partial charge in [-0.2, -0.15) is 0 Å². The molecule has 1 N–H and O–H groups in total. The third-order valence-corrected chi connectivity index (χ3v) is 5.40. The number of aliphatic hydroxyl groups excluding tert-OH is 1. The van der Waals surface area contributed by atoms with E-state index in [1.54, 1.807) is 91.0 Å². The topological polar surface area (TPSA) is 108 Å². The highest BCUT2D eigenvalue weighted by Gasteiger charge is 2.43. The minimum atomic E-state index is -1.61. The summed E-state index contributed by atoms with van der Waals surface area (Å²) in [4.78, 5) is 37.6. The van der Waals surface area contributed by atoms with E-state index in [0.717, 1.165) is 0 Å². The summed E-state index contributed by atoms with van der Waals surface area (Å²) < 4.78 is 22.0. The van der Waals surface area contributed by atoms with Crippen LogP contribution in [0.15, 0.2) is 91.0 Å². The fourth-order valence-corrected chi connectivity index (χ4v) is 3.64. The van der Waals surface area contributed by atoms with Crippen molar-refractivity contribution in [3.05, 3.63) is 108 Å². The molecule has 0 aliphatic carbocycles. The van der Waals surface area contributed by atoms with Gasteiger partial charge >= 0.3 is 17.9 Å². The fraction of sp³-hybridized carbons (Fsp3) is 0.222. The van der Waals surface area contributed by atoms with Crippen LogP contribution in [0, 0.1) is 0 Å². The lowest BCUT2D eigenvalue weighted by Gasteiger charge is -2.38. The van der Waals surface area contributed by atoms with Crippen molar-refractivity contribution in [2.75, 3.05) is 6.61 Å². The molecule has 0 unspecified atom stereocenters. The predicted octanol–water partition coefficient (Wildman–Crippen LogP) is 3.40. The van der Waals surface area contributed by atoms with Crippen LogP contribution < -0.4 is 0 Å². The maximum Gasteiger partial charge on any atom is 0.338 e. The van der Waals surface area contributed by atoms with Crippen molar-refractivity contribution in [1.82, 2.24) is 0 Å². The third kappa shape index (κ3) is 6.32. The molecule has 1 heterocycles. The van der Waals surface area contributed by atoms with Gasteiger partial charge in [0.2, 0.25) is 0 Å². The van der Waals surface area contributed by atoms with E-state index < -0.39 is 42.5 Å². The van der Waals surface area contributed by atoms with Crippen LogP contribution in [0.3, 0.4) is 0 Å². The highest BCUT2D eigenvalue weighted by Crippen LogP contribution is 2.26. The first kappa shape index (κ1) is 24.1. The quantitative estimate of drug-likeness (QED) is 0.408. The molecule has 1 fully saturated rings. The summed E-state index contributed by atoms with van der Waals surface area (Å²) >= 11 is 0. The van der Waals surface area contributed by atoms with Gasteiger partial charge in [-0.1, -0.05) is 54.6 Å². The van der Waals surface area contributed by atoms with E-state index in [1.807, 2.05) is 0 Å². The van der Waals surface area contributed by atoms with Gasteiger partial charge in [0.15, 0.2) is 12.4 Å². The van der Waals surface area contributed by atoms with E-state index in [4.69, 9.17) is 18.9 Å². The van der Waals surface area contributed by atoms with E-state index in [9.17, 15) is 19.5 Å². The zero-order valence-electron chi connectivity index (χ0n) is 18.7. The average molecular weight is 476 g/mol. The van der Waals surface area contributed by atoms with Crippen LogP contribution in [0.4, 0.5) is 0 Å². The van der Waals surface area contributed by atoms with Crippen molar-refractivity contribution in [3.63, 3.8) is 0 Å². The van der Waals surface area contributed by atoms with Gasteiger partial charge in [-0.05, 0) is 36.4 Å². The standard InChI is InChI=1S/C27H24O8/c28-24(18-10-4-1-5-11-18)32-17-21-16-22(34-25(29)19-12-6-2-7-13-19)23(27(31)33-21)35-26(30)20-14-8-3-9-15-20/h1-15,21-23,27,31H,16-17H2/t21-,22-,23+,27+/m0/s1. The summed E-state index contributed by atoms with van der Waals surface area (Å²) in [5.74, 6) is -1.90. The highest BCUT2D eigenvalue weighted by molar-refractivity contribution is 5.90. The number of hydrogen-bond donors (Lipinski definition) is 1. The van der Waals surface area contributed by atoms with Gasteiger partial charge < -0.3 is 24.1 Å². The highest BCUT2D eigenvalue weighted by atomic mass is 16.7. The largest absolute Gasteiger partial charge is 0.459 e. The summed E-state index contributed by atoms with van der Waals surface area (Å²) in [6.45, 7) is -0.191. The molecule has 0 aromatic heterocycles. The van der Waals surface area contributed by atoms with Gasteiger partial charge in [-0.25, -0.2) is 14.4 Å². The van der Waals surface area contributed by atoms with E-state index in [0.29, 0.717) is 11.1 Å². The van der Waals surface area contributed by atoms with Crippen LogP contribution >= 0.6 is 0 Å². The molecule has 0 saturated carbocycles. The summed E-state index contributed by atoms with van der Waals surface area (Å²) in [6, 6.07) is 25.0. The van der Waals surface area contributed by atoms with E-state index in [2.05, 4.69) is 0 Å². The summed E-state index contributed by atoms with van der Waals surface area (Å²) in [5, 5.41) is 10.6. The Kier molecular flexibility index (Phi) is 7.87. The Hall–Kier alpha value is -4.01. The van der Waals surface area contributed by atoms with Gasteiger partial charge in [0.05, 0.1) is 22.8 Å². The molecule has 8 heteroatoms. The summed E-state index contributed by atoms with van der Waals surface area (Å²) in [5.41, 5.74) is 0.936. The Balaban J connectivity index is 1.47. The van der Waals surface area contributed by atoms with Crippen molar-refractivity contribution in [3.8, 4) is 0 Å². The Labute approximate surface area is 202 Å². The first-order valence-corrected chi connectivity index (χ1v) is 11.1. The van der Waals surface area contributed by atoms with Gasteiger partial charge in [0.25, 0.3) is 0 Å². The first-order chi connectivity index (χ1) is 17.0. The normalized spacial score (nSPS) is 21.5. The van der Waals surface area contributed by atoms with Crippen molar-refractivity contribution < 1.29 is 38.4 Å². The first-order valence-electron chi connectivity index (χ1n) is 11.1. The van der Waals surface area contributed by atoms with Crippen LogP contribution in [0.5, 0.6) is 0 Å². The molecule has 4 atom stereocenters. The summed E-state index contributed by atoms with van der Waals surface area (Å²) in [7, 11) is 0. The Morgan fingerprint density at radius 2 is 1.17 bits per heavy atom. The second-order valence-electron chi connectivity index (χ2n) is 7.89. The van der Waals surface area contributed by atoms with Crippen molar-refractivity contribution in [1.29, 1.82) is 0 Å². The van der Waals surface area contributed by atoms with Gasteiger partial charge in [0, 0.05) is 6.42 Å². The van der Waals surface area contributed by atoms with E-state index in [-0.39, 0.29) is 18.6 Å². The number of esters is 3. The lowest BCUT2D eigenvalue weighted by Crippen LogP contribution is -2.53. The average Bonchev–Trinajstić information content (AvgIpc) is 2.90. The molecule has 3 aromatic carbocycles. The molecule has 8 nitrogen and oxygen atoms in total.